The minimum Gasteiger partial charge on any atom is -0.341 e. The Morgan fingerprint density at radius 1 is 0.909 bits per heavy atom. The van der Waals surface area contributed by atoms with Gasteiger partial charge < -0.3 is 20.6 Å². The summed E-state index contributed by atoms with van der Waals surface area (Å²) in [4.78, 5) is 16.2. The van der Waals surface area contributed by atoms with Crippen LogP contribution < -0.4 is 10.6 Å². The maximum Gasteiger partial charge on any atom is 0.299 e. The zero-order valence-electron chi connectivity index (χ0n) is 24.8. The lowest BCUT2D eigenvalue weighted by molar-refractivity contribution is 0.0481. The number of imidazole rings is 2. The van der Waals surface area contributed by atoms with Gasteiger partial charge in [0.15, 0.2) is 0 Å². The number of benzene rings is 3. The van der Waals surface area contributed by atoms with Crippen molar-refractivity contribution < 1.29 is 8.78 Å². The number of H-pyrrole nitrogens is 2. The van der Waals surface area contributed by atoms with Crippen molar-refractivity contribution in [2.75, 3.05) is 6.54 Å². The van der Waals surface area contributed by atoms with Gasteiger partial charge >= 0.3 is 0 Å². The molecule has 5 aromatic rings. The van der Waals surface area contributed by atoms with Crippen LogP contribution in [0.25, 0.3) is 44.5 Å². The first-order valence-corrected chi connectivity index (χ1v) is 16.1. The zero-order chi connectivity index (χ0) is 29.6. The van der Waals surface area contributed by atoms with Crippen molar-refractivity contribution in [3.05, 3.63) is 83.6 Å². The molecule has 4 N–H and O–H groups in total. The van der Waals surface area contributed by atoms with E-state index in [1.807, 2.05) is 42.5 Å². The molecule has 1 saturated heterocycles. The van der Waals surface area contributed by atoms with E-state index in [9.17, 15) is 0 Å². The summed E-state index contributed by atoms with van der Waals surface area (Å²) in [6.45, 7) is 3.87. The van der Waals surface area contributed by atoms with Gasteiger partial charge in [-0.1, -0.05) is 37.3 Å². The molecule has 6 nitrogen and oxygen atoms in total. The average Bonchev–Trinajstić information content (AvgIpc) is 3.57. The Balaban J connectivity index is 0.972. The Morgan fingerprint density at radius 2 is 1.66 bits per heavy atom. The molecule has 0 spiro atoms. The molecule has 1 aliphatic heterocycles. The highest BCUT2D eigenvalue weighted by Gasteiger charge is 2.45. The minimum absolute atomic E-state index is 0.0436. The van der Waals surface area contributed by atoms with E-state index in [-0.39, 0.29) is 17.2 Å². The maximum atomic E-state index is 16.1. The number of piperidine rings is 1. The molecule has 44 heavy (non-hydrogen) atoms. The predicted octanol–water partition coefficient (Wildman–Crippen LogP) is 7.83. The number of fused-ring (bicyclic) bond motifs is 6. The number of halogens is 2. The van der Waals surface area contributed by atoms with Crippen LogP contribution in [-0.2, 0) is 12.5 Å². The van der Waals surface area contributed by atoms with Crippen LogP contribution in [0, 0.1) is 11.3 Å². The van der Waals surface area contributed by atoms with E-state index in [0.717, 1.165) is 46.0 Å². The highest BCUT2D eigenvalue weighted by Crippen LogP contribution is 2.53. The molecule has 0 amide bonds. The van der Waals surface area contributed by atoms with Gasteiger partial charge in [-0.25, -0.2) is 9.97 Å². The Morgan fingerprint density at radius 3 is 2.39 bits per heavy atom. The van der Waals surface area contributed by atoms with Crippen LogP contribution in [0.3, 0.4) is 0 Å². The third kappa shape index (κ3) is 4.18. The van der Waals surface area contributed by atoms with Gasteiger partial charge in [-0.15, -0.1) is 0 Å². The van der Waals surface area contributed by atoms with E-state index in [2.05, 4.69) is 32.5 Å². The number of hydrogen-bond acceptors (Lipinski definition) is 4. The number of nitrogens with zero attached hydrogens (tertiary/aromatic N) is 2. The molecule has 3 aromatic carbocycles. The van der Waals surface area contributed by atoms with Crippen LogP contribution in [0.1, 0.15) is 74.3 Å². The highest BCUT2D eigenvalue weighted by atomic mass is 19.3. The van der Waals surface area contributed by atoms with E-state index in [1.165, 1.54) is 38.5 Å². The summed E-state index contributed by atoms with van der Waals surface area (Å²) in [6, 6.07) is 17.7. The van der Waals surface area contributed by atoms with Crippen LogP contribution in [0.4, 0.5) is 8.78 Å². The third-order valence-corrected chi connectivity index (χ3v) is 10.9. The molecule has 2 bridgehead atoms. The largest absolute Gasteiger partial charge is 0.341 e. The fraction of sp³-hybridized carbons (Fsp3) is 0.389. The van der Waals surface area contributed by atoms with Gasteiger partial charge in [0.25, 0.3) is 5.92 Å². The smallest absolute Gasteiger partial charge is 0.299 e. The summed E-state index contributed by atoms with van der Waals surface area (Å²) in [5.41, 5.74) is 6.71. The molecule has 2 aromatic heterocycles. The van der Waals surface area contributed by atoms with Crippen molar-refractivity contribution in [2.24, 2.45) is 11.3 Å². The third-order valence-electron chi connectivity index (χ3n) is 10.9. The second-order valence-electron chi connectivity index (χ2n) is 13.6. The molecule has 3 atom stereocenters. The van der Waals surface area contributed by atoms with E-state index >= 15 is 8.78 Å². The van der Waals surface area contributed by atoms with Crippen molar-refractivity contribution in [3.8, 4) is 33.5 Å². The summed E-state index contributed by atoms with van der Waals surface area (Å²) in [6.07, 6.45) is 9.22. The minimum atomic E-state index is -3.10. The van der Waals surface area contributed by atoms with Gasteiger partial charge in [0.05, 0.1) is 35.5 Å². The molecule has 2 saturated carbocycles. The number of nitrogens with one attached hydrogen (secondary N) is 4. The first-order valence-electron chi connectivity index (χ1n) is 16.1. The summed E-state index contributed by atoms with van der Waals surface area (Å²) >= 11 is 0. The Kier molecular flexibility index (Phi) is 5.76. The molecule has 224 valence electrons. The quantitative estimate of drug-likeness (QED) is 0.148. The molecule has 0 radical (unpaired) electrons. The fourth-order valence-electron chi connectivity index (χ4n) is 7.97. The van der Waals surface area contributed by atoms with Crippen molar-refractivity contribution in [2.45, 2.75) is 70.0 Å². The molecule has 2 unspecified atom stereocenters. The molecular formula is C36H36F2N6. The topological polar surface area (TPSA) is 81.4 Å². The van der Waals surface area contributed by atoms with Crippen LogP contribution >= 0.6 is 0 Å². The molecular weight excluding hydrogens is 554 g/mol. The van der Waals surface area contributed by atoms with E-state index < -0.39 is 5.92 Å². The molecule has 8 heteroatoms. The molecule has 3 fully saturated rings. The average molecular weight is 591 g/mol. The predicted molar refractivity (Wildman–Crippen MR) is 168 cm³/mol. The SMILES string of the molecule is CCC1(CNCc2ncc(-c3ccc4c(c3)C(F)(F)c3cc(-c5ccc6nc(C7NC8CC[C@H]7C8)[nH]c6c5)ccc3-4)[nH]2)CC1. The summed E-state index contributed by atoms with van der Waals surface area (Å²) in [5.74, 6) is -0.655. The Labute approximate surface area is 255 Å². The number of aromatic nitrogens is 4. The van der Waals surface area contributed by atoms with Crippen LogP contribution in [0.15, 0.2) is 60.8 Å². The maximum absolute atomic E-state index is 16.1. The van der Waals surface area contributed by atoms with E-state index in [1.54, 1.807) is 18.3 Å². The van der Waals surface area contributed by atoms with Crippen LogP contribution in [0.2, 0.25) is 0 Å². The second-order valence-corrected chi connectivity index (χ2v) is 13.6. The van der Waals surface area contributed by atoms with Crippen LogP contribution in [0.5, 0.6) is 0 Å². The van der Waals surface area contributed by atoms with Gasteiger partial charge in [0.1, 0.15) is 11.6 Å². The van der Waals surface area contributed by atoms with Gasteiger partial charge in [-0.05, 0) is 96.4 Å². The van der Waals surface area contributed by atoms with Gasteiger partial charge in [-0.3, -0.25) is 0 Å². The second kappa shape index (κ2) is 9.56. The van der Waals surface area contributed by atoms with Crippen molar-refractivity contribution in [3.63, 3.8) is 0 Å². The molecule has 3 aliphatic carbocycles. The highest BCUT2D eigenvalue weighted by molar-refractivity contribution is 5.86. The van der Waals surface area contributed by atoms with E-state index in [4.69, 9.17) is 4.98 Å². The number of hydrogen-bond donors (Lipinski definition) is 4. The summed E-state index contributed by atoms with van der Waals surface area (Å²) in [5, 5.41) is 7.22. The standard InChI is InChI=1S/C36H36F2N6/c1-2-35(11-12-35)19-39-18-32-40-17-31(42-32)22-5-9-26-25-8-4-20(14-27(25)36(37,38)28(26)15-22)21-6-10-29-30(16-21)44-34(43-29)33-23-3-7-24(13-23)41-33/h4-6,8-10,14-17,23-24,33,39,41H,2-3,7,11-13,18-19H2,1H3,(H,40,42)(H,43,44)/t23-,24?,33?/m0/s1. The van der Waals surface area contributed by atoms with Gasteiger partial charge in [0, 0.05) is 29.3 Å². The lowest BCUT2D eigenvalue weighted by atomic mass is 9.98. The Hall–Kier alpha value is -3.88. The molecule has 3 heterocycles. The van der Waals surface area contributed by atoms with Crippen molar-refractivity contribution >= 4 is 11.0 Å². The van der Waals surface area contributed by atoms with Crippen molar-refractivity contribution in [1.82, 2.24) is 30.6 Å². The lowest BCUT2D eigenvalue weighted by Gasteiger charge is -2.20. The molecule has 4 aliphatic rings. The fourth-order valence-corrected chi connectivity index (χ4v) is 7.97. The van der Waals surface area contributed by atoms with Crippen LogP contribution in [-0.4, -0.2) is 32.5 Å². The van der Waals surface area contributed by atoms with Gasteiger partial charge in [0.2, 0.25) is 0 Å². The number of aromatic amines is 2. The lowest BCUT2D eigenvalue weighted by Crippen LogP contribution is -2.29. The first-order chi connectivity index (χ1) is 21.4. The normalized spacial score (nSPS) is 23.8. The summed E-state index contributed by atoms with van der Waals surface area (Å²) in [7, 11) is 0. The van der Waals surface area contributed by atoms with Crippen molar-refractivity contribution in [1.29, 1.82) is 0 Å². The van der Waals surface area contributed by atoms with Gasteiger partial charge in [-0.2, -0.15) is 8.78 Å². The zero-order valence-corrected chi connectivity index (χ0v) is 24.8. The molecule has 9 rings (SSSR count). The summed E-state index contributed by atoms with van der Waals surface area (Å²) < 4.78 is 32.2. The van der Waals surface area contributed by atoms with E-state index in [0.29, 0.717) is 40.6 Å². The monoisotopic (exact) mass is 590 g/mol. The number of alkyl halides is 2. The Bertz CT molecular complexity index is 1920. The number of rotatable bonds is 8. The first kappa shape index (κ1) is 26.5.